The van der Waals surface area contributed by atoms with Crippen molar-refractivity contribution in [2.45, 2.75) is 44.8 Å². The molecule has 2 N–H and O–H groups in total. The van der Waals surface area contributed by atoms with Gasteiger partial charge in [-0.05, 0) is 69.3 Å². The third kappa shape index (κ3) is 4.05. The summed E-state index contributed by atoms with van der Waals surface area (Å²) in [5.41, 5.74) is 2.36. The first kappa shape index (κ1) is 18.0. The van der Waals surface area contributed by atoms with Crippen LogP contribution >= 0.6 is 11.6 Å². The van der Waals surface area contributed by atoms with E-state index >= 15 is 0 Å². The van der Waals surface area contributed by atoms with Crippen LogP contribution in [0.1, 0.15) is 31.2 Å². The van der Waals surface area contributed by atoms with Crippen molar-refractivity contribution in [1.82, 2.24) is 4.90 Å². The predicted molar refractivity (Wildman–Crippen MR) is 98.8 cm³/mol. The Labute approximate surface area is 150 Å². The average molecular weight is 353 g/mol. The number of aliphatic hydroxyl groups is 2. The molecule has 24 heavy (non-hydrogen) atoms. The molecule has 5 heteroatoms. The van der Waals surface area contributed by atoms with Gasteiger partial charge in [-0.1, -0.05) is 17.7 Å². The SMILES string of the molecule is Cc1ccc(N2CCC(N3CCC(C(O)CO)CC3)CC2)cc1Cl. The highest BCUT2D eigenvalue weighted by Crippen LogP contribution is 2.29. The second-order valence-electron chi connectivity index (χ2n) is 7.28. The van der Waals surface area contributed by atoms with Crippen LogP contribution in [0, 0.1) is 12.8 Å². The molecule has 134 valence electrons. The van der Waals surface area contributed by atoms with E-state index in [1.165, 1.54) is 18.5 Å². The predicted octanol–water partition coefficient (Wildman–Crippen LogP) is 2.68. The van der Waals surface area contributed by atoms with Gasteiger partial charge in [0.25, 0.3) is 0 Å². The van der Waals surface area contributed by atoms with Gasteiger partial charge in [0, 0.05) is 29.8 Å². The number of aliphatic hydroxyl groups excluding tert-OH is 2. The van der Waals surface area contributed by atoms with E-state index in [9.17, 15) is 5.11 Å². The van der Waals surface area contributed by atoms with Crippen molar-refractivity contribution in [1.29, 1.82) is 0 Å². The summed E-state index contributed by atoms with van der Waals surface area (Å²) in [5, 5.41) is 19.7. The summed E-state index contributed by atoms with van der Waals surface area (Å²) in [6.45, 7) is 6.16. The van der Waals surface area contributed by atoms with Crippen molar-refractivity contribution in [2.75, 3.05) is 37.7 Å². The number of likely N-dealkylation sites (tertiary alicyclic amines) is 1. The molecule has 0 spiro atoms. The van der Waals surface area contributed by atoms with E-state index in [0.29, 0.717) is 6.04 Å². The van der Waals surface area contributed by atoms with E-state index < -0.39 is 6.10 Å². The minimum absolute atomic E-state index is 0.109. The van der Waals surface area contributed by atoms with Crippen molar-refractivity contribution in [3.8, 4) is 0 Å². The van der Waals surface area contributed by atoms with Crippen LogP contribution in [0.5, 0.6) is 0 Å². The minimum atomic E-state index is -0.541. The second-order valence-corrected chi connectivity index (χ2v) is 7.68. The summed E-state index contributed by atoms with van der Waals surface area (Å²) in [4.78, 5) is 5.02. The molecule has 0 saturated carbocycles. The first-order chi connectivity index (χ1) is 11.6. The maximum absolute atomic E-state index is 9.80. The number of hydrogen-bond donors (Lipinski definition) is 2. The zero-order chi connectivity index (χ0) is 17.1. The topological polar surface area (TPSA) is 46.9 Å². The highest BCUT2D eigenvalue weighted by atomic mass is 35.5. The van der Waals surface area contributed by atoms with E-state index in [1.54, 1.807) is 0 Å². The van der Waals surface area contributed by atoms with Crippen LogP contribution in [0.25, 0.3) is 0 Å². The van der Waals surface area contributed by atoms with Crippen LogP contribution in [-0.4, -0.2) is 60.0 Å². The minimum Gasteiger partial charge on any atom is -0.394 e. The van der Waals surface area contributed by atoms with Crippen molar-refractivity contribution in [3.63, 3.8) is 0 Å². The van der Waals surface area contributed by atoms with Crippen LogP contribution in [0.15, 0.2) is 18.2 Å². The van der Waals surface area contributed by atoms with Crippen LogP contribution in [0.3, 0.4) is 0 Å². The van der Waals surface area contributed by atoms with Gasteiger partial charge in [-0.15, -0.1) is 0 Å². The van der Waals surface area contributed by atoms with E-state index in [4.69, 9.17) is 16.7 Å². The summed E-state index contributed by atoms with van der Waals surface area (Å²) < 4.78 is 0. The lowest BCUT2D eigenvalue weighted by Gasteiger charge is -2.43. The summed E-state index contributed by atoms with van der Waals surface area (Å²) in [5.74, 6) is 0.265. The van der Waals surface area contributed by atoms with Gasteiger partial charge in [0.05, 0.1) is 12.7 Å². The molecule has 1 atom stereocenters. The lowest BCUT2D eigenvalue weighted by atomic mass is 9.89. The Kier molecular flexibility index (Phi) is 6.03. The van der Waals surface area contributed by atoms with Crippen molar-refractivity contribution >= 4 is 17.3 Å². The van der Waals surface area contributed by atoms with Crippen LogP contribution < -0.4 is 4.90 Å². The van der Waals surface area contributed by atoms with Gasteiger partial charge in [-0.25, -0.2) is 0 Å². The maximum Gasteiger partial charge on any atom is 0.0799 e. The quantitative estimate of drug-likeness (QED) is 0.874. The van der Waals surface area contributed by atoms with E-state index in [2.05, 4.69) is 28.0 Å². The van der Waals surface area contributed by atoms with Gasteiger partial charge in [0.2, 0.25) is 0 Å². The molecule has 1 aromatic rings. The molecule has 0 bridgehead atoms. The number of halogens is 1. The van der Waals surface area contributed by atoms with Crippen LogP contribution in [0.4, 0.5) is 5.69 Å². The smallest absolute Gasteiger partial charge is 0.0799 e. The number of aryl methyl sites for hydroxylation is 1. The van der Waals surface area contributed by atoms with Crippen molar-refractivity contribution < 1.29 is 10.2 Å². The largest absolute Gasteiger partial charge is 0.394 e. The highest BCUT2D eigenvalue weighted by molar-refractivity contribution is 6.31. The Morgan fingerprint density at radius 2 is 1.79 bits per heavy atom. The lowest BCUT2D eigenvalue weighted by molar-refractivity contribution is 0.00870. The zero-order valence-corrected chi connectivity index (χ0v) is 15.3. The Morgan fingerprint density at radius 3 is 2.38 bits per heavy atom. The van der Waals surface area contributed by atoms with Gasteiger partial charge in [0.15, 0.2) is 0 Å². The normalized spacial score (nSPS) is 22.8. The van der Waals surface area contributed by atoms with Crippen LogP contribution in [-0.2, 0) is 0 Å². The Hall–Kier alpha value is -0.810. The number of piperidine rings is 2. The molecule has 0 amide bonds. The van der Waals surface area contributed by atoms with E-state index in [-0.39, 0.29) is 12.5 Å². The number of rotatable bonds is 4. The third-order valence-corrected chi connectivity index (χ3v) is 6.21. The van der Waals surface area contributed by atoms with Gasteiger partial charge in [-0.3, -0.25) is 0 Å². The fourth-order valence-corrected chi connectivity index (χ4v) is 4.26. The number of nitrogens with zero attached hydrogens (tertiary/aromatic N) is 2. The molecular formula is C19H29ClN2O2. The van der Waals surface area contributed by atoms with E-state index in [0.717, 1.165) is 49.6 Å². The van der Waals surface area contributed by atoms with Gasteiger partial charge in [0.1, 0.15) is 0 Å². The first-order valence-corrected chi connectivity index (χ1v) is 9.50. The molecule has 2 fully saturated rings. The molecule has 2 aliphatic rings. The number of anilines is 1. The van der Waals surface area contributed by atoms with Gasteiger partial charge < -0.3 is 20.0 Å². The second kappa shape index (κ2) is 8.05. The molecule has 3 rings (SSSR count). The summed E-state index contributed by atoms with van der Waals surface area (Å²) in [6, 6.07) is 7.00. The first-order valence-electron chi connectivity index (χ1n) is 9.12. The molecule has 0 aromatic heterocycles. The lowest BCUT2D eigenvalue weighted by Crippen LogP contribution is -2.49. The van der Waals surface area contributed by atoms with Crippen LogP contribution in [0.2, 0.25) is 5.02 Å². The Bertz CT molecular complexity index is 538. The average Bonchev–Trinajstić information content (AvgIpc) is 2.63. The highest BCUT2D eigenvalue weighted by Gasteiger charge is 2.30. The number of hydrogen-bond acceptors (Lipinski definition) is 4. The Balaban J connectivity index is 1.50. The van der Waals surface area contributed by atoms with Gasteiger partial charge in [-0.2, -0.15) is 0 Å². The monoisotopic (exact) mass is 352 g/mol. The molecule has 1 aromatic carbocycles. The fourth-order valence-electron chi connectivity index (χ4n) is 4.09. The number of benzene rings is 1. The van der Waals surface area contributed by atoms with Crippen molar-refractivity contribution in [3.05, 3.63) is 28.8 Å². The molecule has 0 radical (unpaired) electrons. The summed E-state index contributed by atoms with van der Waals surface area (Å²) in [6.07, 6.45) is 3.81. The summed E-state index contributed by atoms with van der Waals surface area (Å²) >= 11 is 6.26. The molecule has 2 aliphatic heterocycles. The third-order valence-electron chi connectivity index (χ3n) is 5.81. The van der Waals surface area contributed by atoms with E-state index in [1.807, 2.05) is 6.92 Å². The molecule has 2 heterocycles. The van der Waals surface area contributed by atoms with Gasteiger partial charge >= 0.3 is 0 Å². The van der Waals surface area contributed by atoms with Crippen molar-refractivity contribution in [2.24, 2.45) is 5.92 Å². The fraction of sp³-hybridized carbons (Fsp3) is 0.684. The summed E-state index contributed by atoms with van der Waals surface area (Å²) in [7, 11) is 0. The standard InChI is InChI=1S/C19H29ClN2O2/c1-14-2-3-17(12-18(14)20)22-10-6-16(7-11-22)21-8-4-15(5-9-21)19(24)13-23/h2-3,12,15-16,19,23-24H,4-11,13H2,1H3. The molecule has 0 aliphatic carbocycles. The molecule has 4 nitrogen and oxygen atoms in total. The Morgan fingerprint density at radius 1 is 1.12 bits per heavy atom. The molecular weight excluding hydrogens is 324 g/mol. The molecule has 2 saturated heterocycles. The zero-order valence-electron chi connectivity index (χ0n) is 14.5. The molecule has 1 unspecified atom stereocenters. The maximum atomic E-state index is 9.80.